The zero-order valence-corrected chi connectivity index (χ0v) is 13.5. The Hall–Kier alpha value is -1.89. The van der Waals surface area contributed by atoms with Gasteiger partial charge in [-0.2, -0.15) is 5.10 Å². The van der Waals surface area contributed by atoms with Crippen molar-refractivity contribution >= 4 is 11.8 Å². The lowest BCUT2D eigenvalue weighted by molar-refractivity contribution is 0.0911. The van der Waals surface area contributed by atoms with Gasteiger partial charge in [0.05, 0.1) is 12.6 Å². The number of fused-ring (bicyclic) bond motifs is 1. The van der Waals surface area contributed by atoms with Crippen molar-refractivity contribution in [3.8, 4) is 0 Å². The third kappa shape index (κ3) is 3.55. The van der Waals surface area contributed by atoms with Gasteiger partial charge >= 0.3 is 0 Å². The molecule has 23 heavy (non-hydrogen) atoms. The molecule has 0 bridgehead atoms. The number of rotatable bonds is 3. The van der Waals surface area contributed by atoms with Crippen LogP contribution in [0.1, 0.15) is 60.0 Å². The van der Waals surface area contributed by atoms with E-state index in [1.807, 2.05) is 0 Å². The minimum atomic E-state index is -0.697. The van der Waals surface area contributed by atoms with Crippen LogP contribution in [-0.2, 0) is 6.54 Å². The molecule has 1 unspecified atom stereocenters. The summed E-state index contributed by atoms with van der Waals surface area (Å²) in [6, 6.07) is 1.49. The number of carbonyl (C=O) groups is 2. The summed E-state index contributed by atoms with van der Waals surface area (Å²) < 4.78 is 1.41. The fourth-order valence-corrected chi connectivity index (χ4v) is 3.38. The van der Waals surface area contributed by atoms with Crippen molar-refractivity contribution in [2.75, 3.05) is 13.1 Å². The first-order valence-electron chi connectivity index (χ1n) is 8.29. The normalized spacial score (nSPS) is 23.6. The van der Waals surface area contributed by atoms with Gasteiger partial charge in [-0.25, -0.2) is 0 Å². The molecule has 0 spiro atoms. The van der Waals surface area contributed by atoms with Gasteiger partial charge in [0.25, 0.3) is 11.8 Å². The van der Waals surface area contributed by atoms with E-state index >= 15 is 0 Å². The van der Waals surface area contributed by atoms with E-state index in [9.17, 15) is 14.7 Å². The predicted molar refractivity (Wildman–Crippen MR) is 84.1 cm³/mol. The second kappa shape index (κ2) is 6.31. The number of nitrogens with zero attached hydrogens (tertiary/aromatic N) is 2. The summed E-state index contributed by atoms with van der Waals surface area (Å²) in [4.78, 5) is 24.3. The second-order valence-corrected chi connectivity index (χ2v) is 7.01. The minimum Gasteiger partial charge on any atom is -0.389 e. The molecule has 1 aromatic rings. The van der Waals surface area contributed by atoms with Crippen LogP contribution in [0.3, 0.4) is 0 Å². The number of carbonyl (C=O) groups excluding carboxylic acids is 2. The molecule has 1 atom stereocenters. The summed E-state index contributed by atoms with van der Waals surface area (Å²) in [6.45, 7) is 3.24. The Bertz CT molecular complexity index is 604. The number of aliphatic hydroxyl groups is 1. The number of hydrogen-bond donors (Lipinski definition) is 3. The monoisotopic (exact) mass is 320 g/mol. The predicted octanol–water partition coefficient (Wildman–Crippen LogP) is 0.688. The van der Waals surface area contributed by atoms with E-state index in [4.69, 9.17) is 0 Å². The lowest BCUT2D eigenvalue weighted by atomic mass is 9.76. The molecule has 1 fully saturated rings. The van der Waals surface area contributed by atoms with E-state index in [1.165, 1.54) is 30.0 Å². The molecular weight excluding hydrogens is 296 g/mol. The highest BCUT2D eigenvalue weighted by atomic mass is 16.3. The van der Waals surface area contributed by atoms with Crippen molar-refractivity contribution in [3.05, 3.63) is 17.5 Å². The van der Waals surface area contributed by atoms with Crippen LogP contribution in [0.15, 0.2) is 6.07 Å². The van der Waals surface area contributed by atoms with Gasteiger partial charge in [0.1, 0.15) is 5.69 Å². The Balaban J connectivity index is 1.67. The van der Waals surface area contributed by atoms with Crippen LogP contribution in [0.25, 0.3) is 0 Å². The SMILES string of the molecule is CC1(CNC(=O)c2cc3n(n2)CC(O)CNC3=O)CCCCC1. The van der Waals surface area contributed by atoms with Crippen molar-refractivity contribution in [2.45, 2.75) is 51.7 Å². The molecular formula is C16H24N4O3. The number of β-amino-alcohol motifs (C(OH)–C–C–N with tert-alkyl or cyclic N) is 1. The van der Waals surface area contributed by atoms with E-state index in [0.29, 0.717) is 12.2 Å². The quantitative estimate of drug-likeness (QED) is 0.763. The van der Waals surface area contributed by atoms with E-state index in [0.717, 1.165) is 12.8 Å². The molecule has 3 rings (SSSR count). The summed E-state index contributed by atoms with van der Waals surface area (Å²) in [6.07, 6.45) is 5.25. The Labute approximate surface area is 135 Å². The maximum absolute atomic E-state index is 12.3. The number of hydrogen-bond acceptors (Lipinski definition) is 4. The third-order valence-corrected chi connectivity index (χ3v) is 4.86. The standard InChI is InChI=1S/C16H24N4O3/c1-16(5-3-2-4-6-16)10-18-14(22)12-7-13-15(23)17-8-11(21)9-20(13)19-12/h7,11,21H,2-6,8-10H2,1H3,(H,17,23)(H,18,22). The zero-order valence-electron chi connectivity index (χ0n) is 13.5. The maximum atomic E-state index is 12.3. The highest BCUT2D eigenvalue weighted by Crippen LogP contribution is 2.34. The highest BCUT2D eigenvalue weighted by Gasteiger charge is 2.28. The average Bonchev–Trinajstić information content (AvgIpc) is 2.89. The Morgan fingerprint density at radius 3 is 2.96 bits per heavy atom. The van der Waals surface area contributed by atoms with Crippen LogP contribution >= 0.6 is 0 Å². The number of aliphatic hydroxyl groups excluding tert-OH is 1. The van der Waals surface area contributed by atoms with Crippen molar-refractivity contribution < 1.29 is 14.7 Å². The second-order valence-electron chi connectivity index (χ2n) is 7.01. The van der Waals surface area contributed by atoms with Crippen LogP contribution in [0.5, 0.6) is 0 Å². The van der Waals surface area contributed by atoms with E-state index < -0.39 is 6.10 Å². The first-order valence-corrected chi connectivity index (χ1v) is 8.29. The summed E-state index contributed by atoms with van der Waals surface area (Å²) in [5.74, 6) is -0.577. The van der Waals surface area contributed by atoms with Gasteiger partial charge in [-0.1, -0.05) is 26.2 Å². The highest BCUT2D eigenvalue weighted by molar-refractivity contribution is 5.98. The van der Waals surface area contributed by atoms with Crippen molar-refractivity contribution in [2.24, 2.45) is 5.41 Å². The molecule has 2 aliphatic rings. The van der Waals surface area contributed by atoms with E-state index in [1.54, 1.807) is 0 Å². The Morgan fingerprint density at radius 2 is 2.22 bits per heavy atom. The molecule has 1 aliphatic heterocycles. The maximum Gasteiger partial charge on any atom is 0.271 e. The van der Waals surface area contributed by atoms with Gasteiger partial charge in [0.15, 0.2) is 5.69 Å². The number of amides is 2. The molecule has 7 heteroatoms. The van der Waals surface area contributed by atoms with Crippen LogP contribution in [-0.4, -0.2) is 45.9 Å². The summed E-state index contributed by atoms with van der Waals surface area (Å²) in [7, 11) is 0. The smallest absolute Gasteiger partial charge is 0.271 e. The first-order chi connectivity index (χ1) is 11.0. The summed E-state index contributed by atoms with van der Waals surface area (Å²) >= 11 is 0. The van der Waals surface area contributed by atoms with Gasteiger partial charge < -0.3 is 15.7 Å². The lowest BCUT2D eigenvalue weighted by Gasteiger charge is -2.33. The Morgan fingerprint density at radius 1 is 1.48 bits per heavy atom. The molecule has 3 N–H and O–H groups in total. The van der Waals surface area contributed by atoms with Gasteiger partial charge in [0.2, 0.25) is 0 Å². The molecule has 1 aliphatic carbocycles. The third-order valence-electron chi connectivity index (χ3n) is 4.86. The van der Waals surface area contributed by atoms with Crippen molar-refractivity contribution in [1.82, 2.24) is 20.4 Å². The van der Waals surface area contributed by atoms with Crippen LogP contribution in [0, 0.1) is 5.41 Å². The fourth-order valence-electron chi connectivity index (χ4n) is 3.38. The largest absolute Gasteiger partial charge is 0.389 e. The molecule has 126 valence electrons. The van der Waals surface area contributed by atoms with E-state index in [-0.39, 0.29) is 36.0 Å². The van der Waals surface area contributed by atoms with Gasteiger partial charge in [-0.15, -0.1) is 0 Å². The molecule has 1 saturated carbocycles. The number of nitrogens with one attached hydrogen (secondary N) is 2. The van der Waals surface area contributed by atoms with Gasteiger partial charge in [-0.3, -0.25) is 14.3 Å². The van der Waals surface area contributed by atoms with Crippen molar-refractivity contribution in [3.63, 3.8) is 0 Å². The molecule has 0 radical (unpaired) electrons. The molecule has 0 aromatic carbocycles. The zero-order chi connectivity index (χ0) is 16.4. The fraction of sp³-hybridized carbons (Fsp3) is 0.688. The van der Waals surface area contributed by atoms with Crippen molar-refractivity contribution in [1.29, 1.82) is 0 Å². The Kier molecular flexibility index (Phi) is 4.39. The summed E-state index contributed by atoms with van der Waals surface area (Å²) in [5, 5.41) is 19.5. The molecule has 2 amide bonds. The van der Waals surface area contributed by atoms with Gasteiger partial charge in [-0.05, 0) is 18.3 Å². The average molecular weight is 320 g/mol. The number of aromatic nitrogens is 2. The van der Waals surface area contributed by atoms with Crippen LogP contribution in [0.4, 0.5) is 0 Å². The molecule has 1 aromatic heterocycles. The molecule has 7 nitrogen and oxygen atoms in total. The van der Waals surface area contributed by atoms with Gasteiger partial charge in [0, 0.05) is 19.2 Å². The van der Waals surface area contributed by atoms with E-state index in [2.05, 4.69) is 22.7 Å². The summed E-state index contributed by atoms with van der Waals surface area (Å²) in [5.41, 5.74) is 0.692. The van der Waals surface area contributed by atoms with Crippen LogP contribution in [0.2, 0.25) is 0 Å². The molecule has 0 saturated heterocycles. The first kappa shape index (κ1) is 16.0. The topological polar surface area (TPSA) is 96.2 Å². The molecule has 2 heterocycles. The van der Waals surface area contributed by atoms with Crippen LogP contribution < -0.4 is 10.6 Å². The lowest BCUT2D eigenvalue weighted by Crippen LogP contribution is -2.37. The minimum absolute atomic E-state index is 0.151.